The highest BCUT2D eigenvalue weighted by Gasteiger charge is 2.18. The molecular weight excluding hydrogens is 390 g/mol. The Hall–Kier alpha value is -2.19. The summed E-state index contributed by atoms with van der Waals surface area (Å²) in [7, 11) is -3.89. The third-order valence-corrected chi connectivity index (χ3v) is 5.72. The van der Waals surface area contributed by atoms with E-state index in [1.54, 1.807) is 23.6 Å². The van der Waals surface area contributed by atoms with Crippen LogP contribution in [0.1, 0.15) is 55.0 Å². The second-order valence-corrected chi connectivity index (χ2v) is 8.08. The SMILES string of the molecule is CCCCc1nc(Cl)c(C=O)n1Cc1ccc(S(=O)(=O)NC(=O)CC)cc1. The van der Waals surface area contributed by atoms with E-state index in [0.29, 0.717) is 24.9 Å². The number of sulfonamides is 1. The highest BCUT2D eigenvalue weighted by molar-refractivity contribution is 7.90. The van der Waals surface area contributed by atoms with Crippen molar-refractivity contribution in [2.75, 3.05) is 0 Å². The molecule has 0 fully saturated rings. The number of aldehydes is 1. The number of hydrogen-bond donors (Lipinski definition) is 1. The number of imidazole rings is 1. The molecule has 7 nitrogen and oxygen atoms in total. The Kier molecular flexibility index (Phi) is 7.15. The molecule has 27 heavy (non-hydrogen) atoms. The van der Waals surface area contributed by atoms with Gasteiger partial charge in [-0.1, -0.05) is 44.0 Å². The molecule has 0 aliphatic rings. The summed E-state index contributed by atoms with van der Waals surface area (Å²) in [6.07, 6.45) is 3.34. The van der Waals surface area contributed by atoms with Gasteiger partial charge in [-0.3, -0.25) is 9.59 Å². The van der Waals surface area contributed by atoms with E-state index < -0.39 is 15.9 Å². The van der Waals surface area contributed by atoms with Gasteiger partial charge in [-0.15, -0.1) is 0 Å². The van der Waals surface area contributed by atoms with Gasteiger partial charge in [0.2, 0.25) is 5.91 Å². The van der Waals surface area contributed by atoms with E-state index in [1.807, 2.05) is 4.72 Å². The van der Waals surface area contributed by atoms with Crippen LogP contribution in [0.5, 0.6) is 0 Å². The average molecular weight is 412 g/mol. The van der Waals surface area contributed by atoms with Crippen molar-refractivity contribution < 1.29 is 18.0 Å². The minimum Gasteiger partial charge on any atom is -0.320 e. The number of benzene rings is 1. The summed E-state index contributed by atoms with van der Waals surface area (Å²) < 4.78 is 28.0. The van der Waals surface area contributed by atoms with Gasteiger partial charge in [-0.05, 0) is 24.1 Å². The van der Waals surface area contributed by atoms with Crippen molar-refractivity contribution in [2.45, 2.75) is 51.0 Å². The normalized spacial score (nSPS) is 11.4. The highest BCUT2D eigenvalue weighted by atomic mass is 35.5. The van der Waals surface area contributed by atoms with E-state index in [2.05, 4.69) is 11.9 Å². The first-order chi connectivity index (χ1) is 12.8. The van der Waals surface area contributed by atoms with Crippen molar-refractivity contribution in [3.05, 3.63) is 46.5 Å². The predicted octanol–water partition coefficient (Wildman–Crippen LogP) is 2.95. The fourth-order valence-electron chi connectivity index (χ4n) is 2.53. The van der Waals surface area contributed by atoms with Crippen molar-refractivity contribution in [1.29, 1.82) is 0 Å². The number of rotatable bonds is 9. The van der Waals surface area contributed by atoms with Gasteiger partial charge < -0.3 is 4.57 Å². The fraction of sp³-hybridized carbons (Fsp3) is 0.389. The maximum atomic E-state index is 12.1. The van der Waals surface area contributed by atoms with Crippen LogP contribution >= 0.6 is 11.6 Å². The first kappa shape index (κ1) is 21.1. The van der Waals surface area contributed by atoms with Crippen LogP contribution in [0.25, 0.3) is 0 Å². The molecule has 0 saturated heterocycles. The van der Waals surface area contributed by atoms with Crippen molar-refractivity contribution in [2.24, 2.45) is 0 Å². The first-order valence-electron chi connectivity index (χ1n) is 8.67. The van der Waals surface area contributed by atoms with E-state index in [1.165, 1.54) is 12.1 Å². The standard InChI is InChI=1S/C18H22ClN3O4S/c1-3-5-6-16-20-18(19)15(12-23)22(16)11-13-7-9-14(10-8-13)27(25,26)21-17(24)4-2/h7-10,12H,3-6,11H2,1-2H3,(H,21,24). The summed E-state index contributed by atoms with van der Waals surface area (Å²) >= 11 is 6.06. The molecule has 0 unspecified atom stereocenters. The maximum absolute atomic E-state index is 12.1. The molecule has 1 heterocycles. The molecule has 2 rings (SSSR count). The minimum absolute atomic E-state index is 0.00136. The van der Waals surface area contributed by atoms with E-state index in [-0.39, 0.29) is 16.5 Å². The van der Waals surface area contributed by atoms with Crippen LogP contribution in [-0.4, -0.2) is 30.2 Å². The number of nitrogens with one attached hydrogen (secondary N) is 1. The molecule has 0 atom stereocenters. The van der Waals surface area contributed by atoms with Gasteiger partial charge in [0.1, 0.15) is 11.5 Å². The van der Waals surface area contributed by atoms with Crippen LogP contribution in [-0.2, 0) is 27.8 Å². The molecule has 1 aromatic heterocycles. The Bertz CT molecular complexity index is 921. The maximum Gasteiger partial charge on any atom is 0.264 e. The van der Waals surface area contributed by atoms with E-state index in [0.717, 1.165) is 24.2 Å². The van der Waals surface area contributed by atoms with Gasteiger partial charge in [-0.2, -0.15) is 0 Å². The first-order valence-corrected chi connectivity index (χ1v) is 10.5. The number of nitrogens with zero attached hydrogens (tertiary/aromatic N) is 2. The minimum atomic E-state index is -3.89. The Balaban J connectivity index is 2.26. The van der Waals surface area contributed by atoms with Gasteiger partial charge in [0, 0.05) is 19.4 Å². The molecule has 0 radical (unpaired) electrons. The van der Waals surface area contributed by atoms with Crippen LogP contribution in [0.2, 0.25) is 5.15 Å². The summed E-state index contributed by atoms with van der Waals surface area (Å²) in [4.78, 5) is 27.0. The molecule has 0 bridgehead atoms. The Morgan fingerprint density at radius 1 is 1.26 bits per heavy atom. The number of unbranched alkanes of at least 4 members (excludes halogenated alkanes) is 1. The number of hydrogen-bond acceptors (Lipinski definition) is 5. The number of aromatic nitrogens is 2. The topological polar surface area (TPSA) is 98.1 Å². The number of carbonyl (C=O) groups is 2. The summed E-state index contributed by atoms with van der Waals surface area (Å²) in [5.41, 5.74) is 1.08. The molecule has 1 aromatic carbocycles. The lowest BCUT2D eigenvalue weighted by atomic mass is 10.2. The average Bonchev–Trinajstić information content (AvgIpc) is 2.94. The number of amides is 1. The Labute approximate surface area is 163 Å². The van der Waals surface area contributed by atoms with Gasteiger partial charge in [0.15, 0.2) is 11.4 Å². The molecule has 1 N–H and O–H groups in total. The smallest absolute Gasteiger partial charge is 0.264 e. The number of halogens is 1. The van der Waals surface area contributed by atoms with Crippen LogP contribution in [0.4, 0.5) is 0 Å². The number of carbonyl (C=O) groups excluding carboxylic acids is 2. The fourth-order valence-corrected chi connectivity index (χ4v) is 3.83. The van der Waals surface area contributed by atoms with Crippen LogP contribution in [0, 0.1) is 0 Å². The van der Waals surface area contributed by atoms with E-state index >= 15 is 0 Å². The predicted molar refractivity (Wildman–Crippen MR) is 102 cm³/mol. The van der Waals surface area contributed by atoms with E-state index in [4.69, 9.17) is 11.6 Å². The van der Waals surface area contributed by atoms with Crippen molar-refractivity contribution in [3.8, 4) is 0 Å². The second kappa shape index (κ2) is 9.14. The third-order valence-electron chi connectivity index (χ3n) is 4.05. The summed E-state index contributed by atoms with van der Waals surface area (Å²) in [6.45, 7) is 3.98. The van der Waals surface area contributed by atoms with E-state index in [9.17, 15) is 18.0 Å². The van der Waals surface area contributed by atoms with Gasteiger partial charge >= 0.3 is 0 Å². The van der Waals surface area contributed by atoms with Crippen LogP contribution in [0.15, 0.2) is 29.2 Å². The molecule has 0 aliphatic heterocycles. The van der Waals surface area contributed by atoms with Gasteiger partial charge in [0.05, 0.1) is 4.90 Å². The molecular formula is C18H22ClN3O4S. The van der Waals surface area contributed by atoms with Crippen molar-refractivity contribution in [1.82, 2.24) is 14.3 Å². The lowest BCUT2D eigenvalue weighted by Gasteiger charge is -2.11. The van der Waals surface area contributed by atoms with Crippen LogP contribution < -0.4 is 4.72 Å². The molecule has 0 aliphatic carbocycles. The monoisotopic (exact) mass is 411 g/mol. The molecule has 0 saturated carbocycles. The quantitative estimate of drug-likeness (QED) is 0.639. The largest absolute Gasteiger partial charge is 0.320 e. The van der Waals surface area contributed by atoms with Crippen molar-refractivity contribution in [3.63, 3.8) is 0 Å². The van der Waals surface area contributed by atoms with Crippen LogP contribution in [0.3, 0.4) is 0 Å². The molecule has 0 spiro atoms. The highest BCUT2D eigenvalue weighted by Crippen LogP contribution is 2.20. The zero-order chi connectivity index (χ0) is 20.0. The second-order valence-electron chi connectivity index (χ2n) is 6.04. The Morgan fingerprint density at radius 3 is 2.48 bits per heavy atom. The summed E-state index contributed by atoms with van der Waals surface area (Å²) in [6, 6.07) is 6.12. The van der Waals surface area contributed by atoms with Crippen molar-refractivity contribution >= 4 is 33.8 Å². The van der Waals surface area contributed by atoms with Gasteiger partial charge in [-0.25, -0.2) is 18.1 Å². The molecule has 2 aromatic rings. The summed E-state index contributed by atoms with van der Waals surface area (Å²) in [5.74, 6) is 0.152. The third kappa shape index (κ3) is 5.17. The number of aryl methyl sites for hydroxylation is 1. The molecule has 1 amide bonds. The zero-order valence-corrected chi connectivity index (χ0v) is 16.8. The zero-order valence-electron chi connectivity index (χ0n) is 15.2. The lowest BCUT2D eigenvalue weighted by Crippen LogP contribution is -2.29. The molecule has 9 heteroatoms. The Morgan fingerprint density at radius 2 is 1.93 bits per heavy atom. The lowest BCUT2D eigenvalue weighted by molar-refractivity contribution is -0.119. The molecule has 146 valence electrons. The summed E-state index contributed by atoms with van der Waals surface area (Å²) in [5, 5.41) is 0.164. The van der Waals surface area contributed by atoms with Gasteiger partial charge in [0.25, 0.3) is 10.0 Å².